The Morgan fingerprint density at radius 2 is 2.00 bits per heavy atom. The number of hydrogen-bond donors (Lipinski definition) is 1. The zero-order valence-electron chi connectivity index (χ0n) is 10.6. The Balaban J connectivity index is 1.70. The zero-order chi connectivity index (χ0) is 11.9. The molecule has 0 aromatic heterocycles. The SMILES string of the molecule is CNC1CC1C1CN(C(=O)OC(C)(C)C)C1. The molecule has 1 heterocycles. The summed E-state index contributed by atoms with van der Waals surface area (Å²) in [6, 6.07) is 0.686. The van der Waals surface area contributed by atoms with Gasteiger partial charge in [-0.2, -0.15) is 0 Å². The highest BCUT2D eigenvalue weighted by Crippen LogP contribution is 2.41. The fourth-order valence-electron chi connectivity index (χ4n) is 2.33. The summed E-state index contributed by atoms with van der Waals surface area (Å²) in [4.78, 5) is 13.5. The predicted octanol–water partition coefficient (Wildman–Crippen LogP) is 1.46. The van der Waals surface area contributed by atoms with E-state index in [1.54, 1.807) is 4.90 Å². The quantitative estimate of drug-likeness (QED) is 0.775. The minimum absolute atomic E-state index is 0.162. The van der Waals surface area contributed by atoms with E-state index in [9.17, 15) is 4.79 Å². The van der Waals surface area contributed by atoms with Crippen molar-refractivity contribution < 1.29 is 9.53 Å². The lowest BCUT2D eigenvalue weighted by Crippen LogP contribution is -2.52. The van der Waals surface area contributed by atoms with Gasteiger partial charge in [-0.25, -0.2) is 4.79 Å². The van der Waals surface area contributed by atoms with Crippen LogP contribution in [0.4, 0.5) is 4.79 Å². The molecule has 16 heavy (non-hydrogen) atoms. The van der Waals surface area contributed by atoms with Gasteiger partial charge in [-0.15, -0.1) is 0 Å². The van der Waals surface area contributed by atoms with Gasteiger partial charge in [0.15, 0.2) is 0 Å². The second kappa shape index (κ2) is 3.91. The monoisotopic (exact) mass is 226 g/mol. The molecule has 0 aromatic carbocycles. The first-order chi connectivity index (χ1) is 7.40. The van der Waals surface area contributed by atoms with Crippen LogP contribution >= 0.6 is 0 Å². The van der Waals surface area contributed by atoms with Crippen LogP contribution in [-0.2, 0) is 4.74 Å². The summed E-state index contributed by atoms with van der Waals surface area (Å²) < 4.78 is 5.31. The highest BCUT2D eigenvalue weighted by molar-refractivity contribution is 5.69. The van der Waals surface area contributed by atoms with Gasteiger partial charge in [0.1, 0.15) is 5.60 Å². The number of rotatable bonds is 2. The first-order valence-electron chi connectivity index (χ1n) is 6.06. The molecule has 4 nitrogen and oxygen atoms in total. The first-order valence-corrected chi connectivity index (χ1v) is 6.06. The summed E-state index contributed by atoms with van der Waals surface area (Å²) in [6.07, 6.45) is 1.11. The minimum atomic E-state index is -0.380. The Morgan fingerprint density at radius 3 is 2.44 bits per heavy atom. The summed E-state index contributed by atoms with van der Waals surface area (Å²) in [5.74, 6) is 1.47. The molecule has 0 bridgehead atoms. The van der Waals surface area contributed by atoms with E-state index in [4.69, 9.17) is 4.74 Å². The second-order valence-electron chi connectivity index (χ2n) is 5.94. The topological polar surface area (TPSA) is 41.6 Å². The number of nitrogens with one attached hydrogen (secondary N) is 1. The van der Waals surface area contributed by atoms with Crippen LogP contribution < -0.4 is 5.32 Å². The molecule has 1 amide bonds. The van der Waals surface area contributed by atoms with E-state index < -0.39 is 0 Å². The smallest absolute Gasteiger partial charge is 0.410 e. The summed E-state index contributed by atoms with van der Waals surface area (Å²) in [7, 11) is 2.01. The molecule has 1 saturated carbocycles. The van der Waals surface area contributed by atoms with Crippen molar-refractivity contribution in [1.82, 2.24) is 10.2 Å². The molecule has 2 unspecified atom stereocenters. The fourth-order valence-corrected chi connectivity index (χ4v) is 2.33. The van der Waals surface area contributed by atoms with Gasteiger partial charge < -0.3 is 15.0 Å². The second-order valence-corrected chi connectivity index (χ2v) is 5.94. The molecular weight excluding hydrogens is 204 g/mol. The molecule has 1 aliphatic carbocycles. The van der Waals surface area contributed by atoms with Gasteiger partial charge in [0.05, 0.1) is 0 Å². The third-order valence-corrected chi connectivity index (χ3v) is 3.38. The Labute approximate surface area is 97.3 Å². The van der Waals surface area contributed by atoms with Crippen molar-refractivity contribution in [3.63, 3.8) is 0 Å². The molecule has 0 spiro atoms. The van der Waals surface area contributed by atoms with E-state index in [2.05, 4.69) is 5.32 Å². The number of hydrogen-bond acceptors (Lipinski definition) is 3. The molecule has 1 N–H and O–H groups in total. The van der Waals surface area contributed by atoms with E-state index in [-0.39, 0.29) is 11.7 Å². The molecule has 4 heteroatoms. The van der Waals surface area contributed by atoms with E-state index in [0.29, 0.717) is 12.0 Å². The molecule has 2 aliphatic rings. The Morgan fingerprint density at radius 1 is 1.38 bits per heavy atom. The van der Waals surface area contributed by atoms with Crippen LogP contribution in [0.15, 0.2) is 0 Å². The summed E-state index contributed by atoms with van der Waals surface area (Å²) >= 11 is 0. The molecule has 2 rings (SSSR count). The zero-order valence-corrected chi connectivity index (χ0v) is 10.6. The van der Waals surface area contributed by atoms with Crippen molar-refractivity contribution in [3.8, 4) is 0 Å². The molecule has 92 valence electrons. The molecule has 2 fully saturated rings. The fraction of sp³-hybridized carbons (Fsp3) is 0.917. The van der Waals surface area contributed by atoms with Crippen LogP contribution in [0.5, 0.6) is 0 Å². The van der Waals surface area contributed by atoms with Gasteiger partial charge in [0.2, 0.25) is 0 Å². The van der Waals surface area contributed by atoms with Gasteiger partial charge >= 0.3 is 6.09 Å². The molecule has 1 aliphatic heterocycles. The van der Waals surface area contributed by atoms with Gasteiger partial charge in [0.25, 0.3) is 0 Å². The maximum atomic E-state index is 11.7. The highest BCUT2D eigenvalue weighted by Gasteiger charge is 2.48. The number of carbonyl (C=O) groups excluding carboxylic acids is 1. The normalized spacial score (nSPS) is 29.9. The Kier molecular flexibility index (Phi) is 2.86. The summed E-state index contributed by atoms with van der Waals surface area (Å²) in [5, 5.41) is 3.29. The van der Waals surface area contributed by atoms with E-state index in [1.807, 2.05) is 27.8 Å². The summed E-state index contributed by atoms with van der Waals surface area (Å²) in [5.41, 5.74) is -0.380. The first kappa shape index (κ1) is 11.7. The van der Waals surface area contributed by atoms with E-state index in [1.165, 1.54) is 6.42 Å². The number of likely N-dealkylation sites (tertiary alicyclic amines) is 1. The maximum Gasteiger partial charge on any atom is 0.410 e. The van der Waals surface area contributed by atoms with Crippen molar-refractivity contribution >= 4 is 6.09 Å². The molecule has 0 aromatic rings. The predicted molar refractivity (Wildman–Crippen MR) is 62.3 cm³/mol. The Hall–Kier alpha value is -0.770. The van der Waals surface area contributed by atoms with Gasteiger partial charge in [0, 0.05) is 19.1 Å². The third kappa shape index (κ3) is 2.48. The van der Waals surface area contributed by atoms with Crippen molar-refractivity contribution in [3.05, 3.63) is 0 Å². The van der Waals surface area contributed by atoms with Crippen LogP contribution in [0.1, 0.15) is 27.2 Å². The van der Waals surface area contributed by atoms with Crippen LogP contribution in [0.3, 0.4) is 0 Å². The van der Waals surface area contributed by atoms with Crippen molar-refractivity contribution in [2.24, 2.45) is 11.8 Å². The number of ether oxygens (including phenoxy) is 1. The molecular formula is C12H22N2O2. The number of amides is 1. The highest BCUT2D eigenvalue weighted by atomic mass is 16.6. The lowest BCUT2D eigenvalue weighted by molar-refractivity contribution is -0.00459. The van der Waals surface area contributed by atoms with Crippen molar-refractivity contribution in [2.45, 2.75) is 38.8 Å². The average molecular weight is 226 g/mol. The van der Waals surface area contributed by atoms with Crippen molar-refractivity contribution in [1.29, 1.82) is 0 Å². The third-order valence-electron chi connectivity index (χ3n) is 3.38. The molecule has 2 atom stereocenters. The van der Waals surface area contributed by atoms with E-state index >= 15 is 0 Å². The molecule has 0 radical (unpaired) electrons. The standard InChI is InChI=1S/C12H22N2O2/c1-12(2,3)16-11(15)14-6-8(7-14)9-5-10(9)13-4/h8-10,13H,5-7H2,1-4H3. The van der Waals surface area contributed by atoms with Crippen LogP contribution in [0.2, 0.25) is 0 Å². The van der Waals surface area contributed by atoms with Crippen molar-refractivity contribution in [2.75, 3.05) is 20.1 Å². The lowest BCUT2D eigenvalue weighted by Gasteiger charge is -2.40. The lowest BCUT2D eigenvalue weighted by atomic mass is 9.95. The van der Waals surface area contributed by atoms with E-state index in [0.717, 1.165) is 19.0 Å². The van der Waals surface area contributed by atoms with Crippen LogP contribution in [0, 0.1) is 11.8 Å². The number of nitrogens with zero attached hydrogens (tertiary/aromatic N) is 1. The van der Waals surface area contributed by atoms with Crippen LogP contribution in [0.25, 0.3) is 0 Å². The summed E-state index contributed by atoms with van der Waals surface area (Å²) in [6.45, 7) is 7.45. The largest absolute Gasteiger partial charge is 0.444 e. The van der Waals surface area contributed by atoms with Crippen LogP contribution in [-0.4, -0.2) is 42.8 Å². The minimum Gasteiger partial charge on any atom is -0.444 e. The van der Waals surface area contributed by atoms with Gasteiger partial charge in [-0.05, 0) is 46.1 Å². The molecule has 1 saturated heterocycles. The Bertz CT molecular complexity index is 279. The number of carbonyl (C=O) groups is 1. The average Bonchev–Trinajstić information content (AvgIpc) is 2.77. The van der Waals surface area contributed by atoms with Gasteiger partial charge in [-0.1, -0.05) is 0 Å². The van der Waals surface area contributed by atoms with Gasteiger partial charge in [-0.3, -0.25) is 0 Å². The maximum absolute atomic E-state index is 11.7.